The second-order valence-electron chi connectivity index (χ2n) is 4.01. The Hall–Kier alpha value is -1.00. The topological polar surface area (TPSA) is 52.3 Å². The Balaban J connectivity index is 2.46. The molecule has 0 fully saturated rings. The lowest BCUT2D eigenvalue weighted by atomic mass is 10.1. The Morgan fingerprint density at radius 3 is 2.94 bits per heavy atom. The standard InChI is InChI=1S/C13H19NO2S/c1-10(14)6-7-17-9-11-4-3-5-12(8-11)13(15)16-2/h3-5,8,10H,6-7,9,14H2,1-2H3. The van der Waals surface area contributed by atoms with Crippen LogP contribution in [0.15, 0.2) is 24.3 Å². The van der Waals surface area contributed by atoms with Crippen molar-refractivity contribution in [1.82, 2.24) is 0 Å². The highest BCUT2D eigenvalue weighted by molar-refractivity contribution is 7.98. The third kappa shape index (κ3) is 5.24. The zero-order chi connectivity index (χ0) is 12.7. The summed E-state index contributed by atoms with van der Waals surface area (Å²) < 4.78 is 4.69. The molecule has 1 aromatic rings. The molecule has 0 saturated heterocycles. The van der Waals surface area contributed by atoms with Gasteiger partial charge in [-0.3, -0.25) is 0 Å². The fraction of sp³-hybridized carbons (Fsp3) is 0.462. The minimum Gasteiger partial charge on any atom is -0.465 e. The summed E-state index contributed by atoms with van der Waals surface area (Å²) >= 11 is 1.83. The quantitative estimate of drug-likeness (QED) is 0.625. The van der Waals surface area contributed by atoms with Gasteiger partial charge in [0, 0.05) is 11.8 Å². The number of rotatable bonds is 6. The van der Waals surface area contributed by atoms with Gasteiger partial charge in [-0.15, -0.1) is 0 Å². The maximum Gasteiger partial charge on any atom is 0.337 e. The molecule has 0 bridgehead atoms. The van der Waals surface area contributed by atoms with Gasteiger partial charge < -0.3 is 10.5 Å². The van der Waals surface area contributed by atoms with Gasteiger partial charge in [0.15, 0.2) is 0 Å². The second kappa shape index (κ2) is 7.35. The van der Waals surface area contributed by atoms with Crippen LogP contribution >= 0.6 is 11.8 Å². The van der Waals surface area contributed by atoms with Crippen LogP contribution in [0.2, 0.25) is 0 Å². The first-order valence-electron chi connectivity index (χ1n) is 5.64. The Labute approximate surface area is 107 Å². The highest BCUT2D eigenvalue weighted by Crippen LogP contribution is 2.15. The van der Waals surface area contributed by atoms with Crippen LogP contribution in [-0.4, -0.2) is 24.9 Å². The van der Waals surface area contributed by atoms with Crippen LogP contribution in [-0.2, 0) is 10.5 Å². The average Bonchev–Trinajstić information content (AvgIpc) is 2.34. The Morgan fingerprint density at radius 2 is 2.29 bits per heavy atom. The second-order valence-corrected chi connectivity index (χ2v) is 5.12. The van der Waals surface area contributed by atoms with E-state index in [2.05, 4.69) is 4.74 Å². The number of nitrogens with two attached hydrogens (primary N) is 1. The molecule has 0 aliphatic rings. The summed E-state index contributed by atoms with van der Waals surface area (Å²) in [5.41, 5.74) is 7.43. The van der Waals surface area contributed by atoms with Crippen LogP contribution in [0.3, 0.4) is 0 Å². The molecule has 0 heterocycles. The first kappa shape index (κ1) is 14.1. The first-order chi connectivity index (χ1) is 8.13. The first-order valence-corrected chi connectivity index (χ1v) is 6.79. The van der Waals surface area contributed by atoms with E-state index in [4.69, 9.17) is 5.73 Å². The predicted molar refractivity (Wildman–Crippen MR) is 72.2 cm³/mol. The lowest BCUT2D eigenvalue weighted by molar-refractivity contribution is 0.0600. The maximum atomic E-state index is 11.3. The summed E-state index contributed by atoms with van der Waals surface area (Å²) in [4.78, 5) is 11.3. The molecule has 3 nitrogen and oxygen atoms in total. The van der Waals surface area contributed by atoms with Gasteiger partial charge in [0.25, 0.3) is 0 Å². The number of hydrogen-bond donors (Lipinski definition) is 1. The monoisotopic (exact) mass is 253 g/mol. The third-order valence-corrected chi connectivity index (χ3v) is 3.40. The van der Waals surface area contributed by atoms with E-state index < -0.39 is 0 Å². The van der Waals surface area contributed by atoms with Crippen molar-refractivity contribution < 1.29 is 9.53 Å². The van der Waals surface area contributed by atoms with Gasteiger partial charge >= 0.3 is 5.97 Å². The number of ether oxygens (including phenoxy) is 1. The molecule has 17 heavy (non-hydrogen) atoms. The summed E-state index contributed by atoms with van der Waals surface area (Å²) in [5.74, 6) is 1.66. The van der Waals surface area contributed by atoms with Crippen molar-refractivity contribution in [3.8, 4) is 0 Å². The minimum absolute atomic E-state index is 0.254. The van der Waals surface area contributed by atoms with Gasteiger partial charge in [-0.2, -0.15) is 11.8 Å². The van der Waals surface area contributed by atoms with E-state index >= 15 is 0 Å². The molecule has 0 spiro atoms. The molecular formula is C13H19NO2S. The SMILES string of the molecule is COC(=O)c1cccc(CSCCC(C)N)c1. The van der Waals surface area contributed by atoms with Crippen LogP contribution < -0.4 is 5.73 Å². The van der Waals surface area contributed by atoms with E-state index in [9.17, 15) is 4.79 Å². The van der Waals surface area contributed by atoms with Gasteiger partial charge in [0.1, 0.15) is 0 Å². The van der Waals surface area contributed by atoms with Gasteiger partial charge in [-0.25, -0.2) is 4.79 Å². The van der Waals surface area contributed by atoms with E-state index in [-0.39, 0.29) is 12.0 Å². The molecular weight excluding hydrogens is 234 g/mol. The third-order valence-electron chi connectivity index (χ3n) is 2.33. The lowest BCUT2D eigenvalue weighted by Gasteiger charge is -2.06. The van der Waals surface area contributed by atoms with E-state index in [1.165, 1.54) is 7.11 Å². The molecule has 1 unspecified atom stereocenters. The highest BCUT2D eigenvalue weighted by Gasteiger charge is 2.05. The van der Waals surface area contributed by atoms with Crippen molar-refractivity contribution in [1.29, 1.82) is 0 Å². The van der Waals surface area contributed by atoms with Gasteiger partial charge in [-0.05, 0) is 36.8 Å². The molecule has 0 amide bonds. The summed E-state index contributed by atoms with van der Waals surface area (Å²) in [6, 6.07) is 7.80. The van der Waals surface area contributed by atoms with Crippen LogP contribution in [0, 0.1) is 0 Å². The average molecular weight is 253 g/mol. The fourth-order valence-electron chi connectivity index (χ4n) is 1.37. The molecule has 0 aromatic heterocycles. The maximum absolute atomic E-state index is 11.3. The molecule has 4 heteroatoms. The number of methoxy groups -OCH3 is 1. The number of hydrogen-bond acceptors (Lipinski definition) is 4. The Kier molecular flexibility index (Phi) is 6.08. The molecule has 94 valence electrons. The zero-order valence-electron chi connectivity index (χ0n) is 10.3. The van der Waals surface area contributed by atoms with Crippen molar-refractivity contribution in [2.45, 2.75) is 25.1 Å². The fourth-order valence-corrected chi connectivity index (χ4v) is 2.46. The number of benzene rings is 1. The van der Waals surface area contributed by atoms with Crippen molar-refractivity contribution in [2.75, 3.05) is 12.9 Å². The van der Waals surface area contributed by atoms with Gasteiger partial charge in [0.2, 0.25) is 0 Å². The largest absolute Gasteiger partial charge is 0.465 e. The number of carbonyl (C=O) groups excluding carboxylic acids is 1. The van der Waals surface area contributed by atoms with E-state index in [0.717, 1.165) is 23.5 Å². The summed E-state index contributed by atoms with van der Waals surface area (Å²) in [6.07, 6.45) is 1.02. The van der Waals surface area contributed by atoms with Gasteiger partial charge in [-0.1, -0.05) is 12.1 Å². The smallest absolute Gasteiger partial charge is 0.337 e. The molecule has 0 aliphatic heterocycles. The van der Waals surface area contributed by atoms with Crippen LogP contribution in [0.25, 0.3) is 0 Å². The normalized spacial score (nSPS) is 12.2. The zero-order valence-corrected chi connectivity index (χ0v) is 11.1. The molecule has 1 aromatic carbocycles. The molecule has 0 aliphatic carbocycles. The predicted octanol–water partition coefficient (Wildman–Crippen LogP) is 2.44. The number of thioether (sulfide) groups is 1. The van der Waals surface area contributed by atoms with Crippen molar-refractivity contribution >= 4 is 17.7 Å². The van der Waals surface area contributed by atoms with E-state index in [0.29, 0.717) is 5.56 Å². The summed E-state index contributed by atoms with van der Waals surface area (Å²) in [5, 5.41) is 0. The van der Waals surface area contributed by atoms with Crippen LogP contribution in [0.5, 0.6) is 0 Å². The van der Waals surface area contributed by atoms with E-state index in [1.807, 2.05) is 36.9 Å². The molecule has 0 radical (unpaired) electrons. The summed E-state index contributed by atoms with van der Waals surface area (Å²) in [7, 11) is 1.40. The van der Waals surface area contributed by atoms with E-state index in [1.54, 1.807) is 6.07 Å². The summed E-state index contributed by atoms with van der Waals surface area (Å²) in [6.45, 7) is 2.01. The number of esters is 1. The Bertz CT molecular complexity index is 366. The van der Waals surface area contributed by atoms with Crippen LogP contribution in [0.4, 0.5) is 0 Å². The number of carbonyl (C=O) groups is 1. The van der Waals surface area contributed by atoms with Gasteiger partial charge in [0.05, 0.1) is 12.7 Å². The highest BCUT2D eigenvalue weighted by atomic mass is 32.2. The minimum atomic E-state index is -0.285. The molecule has 2 N–H and O–H groups in total. The van der Waals surface area contributed by atoms with Crippen LogP contribution in [0.1, 0.15) is 29.3 Å². The van der Waals surface area contributed by atoms with Crippen molar-refractivity contribution in [3.63, 3.8) is 0 Å². The Morgan fingerprint density at radius 1 is 1.53 bits per heavy atom. The lowest BCUT2D eigenvalue weighted by Crippen LogP contribution is -2.15. The molecule has 0 saturated carbocycles. The molecule has 1 atom stereocenters. The molecule has 1 rings (SSSR count). The van der Waals surface area contributed by atoms with Crippen molar-refractivity contribution in [2.24, 2.45) is 5.73 Å². The van der Waals surface area contributed by atoms with Crippen molar-refractivity contribution in [3.05, 3.63) is 35.4 Å².